The Kier molecular flexibility index (Phi) is 5.98. The van der Waals surface area contributed by atoms with Crippen molar-refractivity contribution < 1.29 is 22.3 Å². The van der Waals surface area contributed by atoms with E-state index in [1.807, 2.05) is 30.3 Å². The molecule has 0 saturated heterocycles. The minimum atomic E-state index is -4.24. The van der Waals surface area contributed by atoms with Gasteiger partial charge in [0.1, 0.15) is 18.2 Å². The SMILES string of the molecule is Fc1cc(CCNCC(F)(F)F)cc(OCc2ccccc2)c1. The molecule has 0 atom stereocenters. The summed E-state index contributed by atoms with van der Waals surface area (Å²) >= 11 is 0. The van der Waals surface area contributed by atoms with E-state index in [0.29, 0.717) is 17.9 Å². The van der Waals surface area contributed by atoms with Gasteiger partial charge in [-0.3, -0.25) is 0 Å². The lowest BCUT2D eigenvalue weighted by molar-refractivity contribution is -0.124. The molecule has 0 aliphatic carbocycles. The number of ether oxygens (including phenoxy) is 1. The van der Waals surface area contributed by atoms with Gasteiger partial charge in [0.2, 0.25) is 0 Å². The van der Waals surface area contributed by atoms with Crippen molar-refractivity contribution in [2.75, 3.05) is 13.1 Å². The van der Waals surface area contributed by atoms with Crippen LogP contribution in [-0.2, 0) is 13.0 Å². The Labute approximate surface area is 132 Å². The number of nitrogens with one attached hydrogen (secondary N) is 1. The van der Waals surface area contributed by atoms with Crippen molar-refractivity contribution in [2.24, 2.45) is 0 Å². The molecule has 23 heavy (non-hydrogen) atoms. The van der Waals surface area contributed by atoms with Crippen LogP contribution in [0, 0.1) is 5.82 Å². The lowest BCUT2D eigenvalue weighted by Crippen LogP contribution is -2.30. The van der Waals surface area contributed by atoms with E-state index in [1.165, 1.54) is 12.1 Å². The highest BCUT2D eigenvalue weighted by molar-refractivity contribution is 5.30. The van der Waals surface area contributed by atoms with Gasteiger partial charge in [0.05, 0.1) is 6.54 Å². The molecule has 0 fully saturated rings. The number of hydrogen-bond acceptors (Lipinski definition) is 2. The summed E-state index contributed by atoms with van der Waals surface area (Å²) in [5.74, 6) is -0.110. The molecule has 0 amide bonds. The first kappa shape index (κ1) is 17.3. The zero-order valence-electron chi connectivity index (χ0n) is 12.4. The van der Waals surface area contributed by atoms with Crippen LogP contribution in [0.3, 0.4) is 0 Å². The zero-order chi connectivity index (χ0) is 16.7. The van der Waals surface area contributed by atoms with Crippen molar-refractivity contribution in [3.05, 3.63) is 65.5 Å². The Morgan fingerprint density at radius 3 is 2.39 bits per heavy atom. The van der Waals surface area contributed by atoms with Gasteiger partial charge in [-0.25, -0.2) is 4.39 Å². The molecule has 1 N–H and O–H groups in total. The van der Waals surface area contributed by atoms with E-state index in [-0.39, 0.29) is 13.0 Å². The van der Waals surface area contributed by atoms with Crippen LogP contribution in [0.15, 0.2) is 48.5 Å². The zero-order valence-corrected chi connectivity index (χ0v) is 12.4. The molecule has 0 aromatic heterocycles. The van der Waals surface area contributed by atoms with Crippen molar-refractivity contribution in [3.8, 4) is 5.75 Å². The smallest absolute Gasteiger partial charge is 0.401 e. The summed E-state index contributed by atoms with van der Waals surface area (Å²) in [6.45, 7) is -0.642. The molecule has 0 heterocycles. The fourth-order valence-electron chi connectivity index (χ4n) is 2.05. The Balaban J connectivity index is 1.88. The van der Waals surface area contributed by atoms with Crippen molar-refractivity contribution in [3.63, 3.8) is 0 Å². The highest BCUT2D eigenvalue weighted by Gasteiger charge is 2.25. The number of halogens is 4. The number of benzene rings is 2. The van der Waals surface area contributed by atoms with Gasteiger partial charge in [0.25, 0.3) is 0 Å². The predicted octanol–water partition coefficient (Wildman–Crippen LogP) is 4.10. The van der Waals surface area contributed by atoms with Crippen LogP contribution in [0.2, 0.25) is 0 Å². The summed E-state index contributed by atoms with van der Waals surface area (Å²) in [6, 6.07) is 13.6. The van der Waals surface area contributed by atoms with Crippen LogP contribution in [0.1, 0.15) is 11.1 Å². The second-order valence-electron chi connectivity index (χ2n) is 5.11. The Hall–Kier alpha value is -2.08. The van der Waals surface area contributed by atoms with Gasteiger partial charge < -0.3 is 10.1 Å². The van der Waals surface area contributed by atoms with Crippen LogP contribution >= 0.6 is 0 Å². The van der Waals surface area contributed by atoms with E-state index in [9.17, 15) is 17.6 Å². The molecule has 6 heteroatoms. The summed E-state index contributed by atoms with van der Waals surface area (Å²) in [6.07, 6.45) is -3.96. The second-order valence-corrected chi connectivity index (χ2v) is 5.11. The average molecular weight is 327 g/mol. The maximum Gasteiger partial charge on any atom is 0.401 e. The molecule has 2 aromatic carbocycles. The molecule has 2 rings (SSSR count). The van der Waals surface area contributed by atoms with E-state index in [1.54, 1.807) is 6.07 Å². The van der Waals surface area contributed by atoms with E-state index in [2.05, 4.69) is 5.32 Å². The summed E-state index contributed by atoms with van der Waals surface area (Å²) in [5.41, 5.74) is 1.54. The molecular weight excluding hydrogens is 310 g/mol. The van der Waals surface area contributed by atoms with E-state index in [0.717, 1.165) is 5.56 Å². The van der Waals surface area contributed by atoms with Crippen LogP contribution < -0.4 is 10.1 Å². The van der Waals surface area contributed by atoms with Gasteiger partial charge in [-0.2, -0.15) is 13.2 Å². The lowest BCUT2D eigenvalue weighted by atomic mass is 10.1. The first-order chi connectivity index (χ1) is 10.9. The first-order valence-electron chi connectivity index (χ1n) is 7.16. The highest BCUT2D eigenvalue weighted by atomic mass is 19.4. The molecule has 124 valence electrons. The molecular formula is C17H17F4NO. The fraction of sp³-hybridized carbons (Fsp3) is 0.294. The molecule has 0 aliphatic heterocycles. The molecule has 0 radical (unpaired) electrons. The minimum Gasteiger partial charge on any atom is -0.489 e. The van der Waals surface area contributed by atoms with Gasteiger partial charge in [-0.05, 0) is 36.2 Å². The van der Waals surface area contributed by atoms with Gasteiger partial charge >= 0.3 is 6.18 Å². The molecule has 0 unspecified atom stereocenters. The quantitative estimate of drug-likeness (QED) is 0.611. The number of alkyl halides is 3. The van der Waals surface area contributed by atoms with Crippen molar-refractivity contribution in [2.45, 2.75) is 19.2 Å². The van der Waals surface area contributed by atoms with Crippen LogP contribution in [-0.4, -0.2) is 19.3 Å². The normalized spacial score (nSPS) is 11.5. The van der Waals surface area contributed by atoms with Gasteiger partial charge in [0, 0.05) is 6.07 Å². The number of hydrogen-bond donors (Lipinski definition) is 1. The fourth-order valence-corrected chi connectivity index (χ4v) is 2.05. The Morgan fingerprint density at radius 2 is 1.70 bits per heavy atom. The maximum absolute atomic E-state index is 13.6. The van der Waals surface area contributed by atoms with Crippen LogP contribution in [0.25, 0.3) is 0 Å². The van der Waals surface area contributed by atoms with Crippen molar-refractivity contribution in [1.29, 1.82) is 0 Å². The summed E-state index contributed by atoms with van der Waals surface area (Å²) in [7, 11) is 0. The lowest BCUT2D eigenvalue weighted by Gasteiger charge is -2.10. The molecule has 0 bridgehead atoms. The first-order valence-corrected chi connectivity index (χ1v) is 7.16. The molecule has 0 saturated carbocycles. The van der Waals surface area contributed by atoms with E-state index < -0.39 is 18.5 Å². The van der Waals surface area contributed by atoms with Crippen LogP contribution in [0.4, 0.5) is 17.6 Å². The van der Waals surface area contributed by atoms with Crippen molar-refractivity contribution >= 4 is 0 Å². The highest BCUT2D eigenvalue weighted by Crippen LogP contribution is 2.18. The minimum absolute atomic E-state index is 0.112. The van der Waals surface area contributed by atoms with E-state index >= 15 is 0 Å². The number of rotatable bonds is 7. The third-order valence-corrected chi connectivity index (χ3v) is 3.10. The maximum atomic E-state index is 13.6. The standard InChI is InChI=1S/C17H17F4NO/c18-15-8-14(6-7-22-12-17(19,20)21)9-16(10-15)23-11-13-4-2-1-3-5-13/h1-5,8-10,22H,6-7,11-12H2. The summed E-state index contributed by atoms with van der Waals surface area (Å²) in [4.78, 5) is 0. The average Bonchev–Trinajstić information content (AvgIpc) is 2.49. The van der Waals surface area contributed by atoms with Gasteiger partial charge in [-0.1, -0.05) is 30.3 Å². The third kappa shape index (κ3) is 6.69. The van der Waals surface area contributed by atoms with Crippen molar-refractivity contribution in [1.82, 2.24) is 5.32 Å². The van der Waals surface area contributed by atoms with Crippen LogP contribution in [0.5, 0.6) is 5.75 Å². The Bertz CT molecular complexity index is 614. The molecule has 2 nitrogen and oxygen atoms in total. The summed E-state index contributed by atoms with van der Waals surface area (Å²) in [5, 5.41) is 2.28. The summed E-state index contributed by atoms with van der Waals surface area (Å²) < 4.78 is 55.2. The Morgan fingerprint density at radius 1 is 0.957 bits per heavy atom. The predicted molar refractivity (Wildman–Crippen MR) is 79.8 cm³/mol. The third-order valence-electron chi connectivity index (χ3n) is 3.10. The monoisotopic (exact) mass is 327 g/mol. The molecule has 0 aliphatic rings. The molecule has 2 aromatic rings. The van der Waals surface area contributed by atoms with Gasteiger partial charge in [-0.15, -0.1) is 0 Å². The molecule has 0 spiro atoms. The van der Waals surface area contributed by atoms with Gasteiger partial charge in [0.15, 0.2) is 0 Å². The second kappa shape index (κ2) is 7.97. The largest absolute Gasteiger partial charge is 0.489 e. The topological polar surface area (TPSA) is 21.3 Å². The van der Waals surface area contributed by atoms with E-state index in [4.69, 9.17) is 4.74 Å².